The van der Waals surface area contributed by atoms with Crippen LogP contribution in [0.15, 0.2) is 18.2 Å². The Kier molecular flexibility index (Phi) is 2.82. The number of aromatic amines is 1. The quantitative estimate of drug-likeness (QED) is 0.688. The van der Waals surface area contributed by atoms with Crippen molar-refractivity contribution in [2.45, 2.75) is 13.8 Å². The van der Waals surface area contributed by atoms with E-state index in [0.717, 1.165) is 11.8 Å². The summed E-state index contributed by atoms with van der Waals surface area (Å²) in [5, 5.41) is 0. The van der Waals surface area contributed by atoms with Gasteiger partial charge in [0, 0.05) is 16.8 Å². The van der Waals surface area contributed by atoms with Crippen LogP contribution in [0, 0.1) is 6.92 Å². The maximum Gasteiger partial charge on any atom is 0.231 e. The van der Waals surface area contributed by atoms with Crippen LogP contribution in [0.3, 0.4) is 0 Å². The summed E-state index contributed by atoms with van der Waals surface area (Å²) < 4.78 is 10.6. The number of benzene rings is 1. The molecule has 3 rings (SSSR count). The van der Waals surface area contributed by atoms with Gasteiger partial charge in [0.25, 0.3) is 0 Å². The molecule has 1 aromatic heterocycles. The number of hydrogen-bond acceptors (Lipinski definition) is 4. The van der Waals surface area contributed by atoms with E-state index in [-0.39, 0.29) is 12.6 Å². The molecule has 0 amide bonds. The third-order valence-electron chi connectivity index (χ3n) is 3.35. The van der Waals surface area contributed by atoms with Crippen LogP contribution in [0.25, 0.3) is 11.1 Å². The summed E-state index contributed by atoms with van der Waals surface area (Å²) >= 11 is 0. The van der Waals surface area contributed by atoms with Crippen molar-refractivity contribution in [2.75, 3.05) is 6.79 Å². The Morgan fingerprint density at radius 1 is 1.30 bits per heavy atom. The summed E-state index contributed by atoms with van der Waals surface area (Å²) in [6, 6.07) is 5.37. The summed E-state index contributed by atoms with van der Waals surface area (Å²) in [7, 11) is 0. The lowest BCUT2D eigenvalue weighted by atomic mass is 9.98. The lowest BCUT2D eigenvalue weighted by molar-refractivity contribution is 0.101. The van der Waals surface area contributed by atoms with Crippen LogP contribution < -0.4 is 9.47 Å². The third-order valence-corrected chi connectivity index (χ3v) is 3.35. The molecule has 0 bridgehead atoms. The van der Waals surface area contributed by atoms with Crippen molar-refractivity contribution in [1.29, 1.82) is 0 Å². The Morgan fingerprint density at radius 3 is 2.75 bits per heavy atom. The first-order chi connectivity index (χ1) is 9.61. The third kappa shape index (κ3) is 1.79. The minimum absolute atomic E-state index is 0.0838. The molecule has 0 unspecified atom stereocenters. The summed E-state index contributed by atoms with van der Waals surface area (Å²) in [5.74, 6) is 1.20. The van der Waals surface area contributed by atoms with E-state index < -0.39 is 0 Å². The fraction of sp³-hybridized carbons (Fsp3) is 0.200. The molecule has 0 spiro atoms. The predicted molar refractivity (Wildman–Crippen MR) is 72.5 cm³/mol. The van der Waals surface area contributed by atoms with Gasteiger partial charge in [0.05, 0.1) is 5.69 Å². The summed E-state index contributed by atoms with van der Waals surface area (Å²) in [6.07, 6.45) is 0.722. The van der Waals surface area contributed by atoms with Gasteiger partial charge in [-0.3, -0.25) is 9.59 Å². The highest BCUT2D eigenvalue weighted by Crippen LogP contribution is 2.38. The van der Waals surface area contributed by atoms with Crippen molar-refractivity contribution in [3.63, 3.8) is 0 Å². The Bertz CT molecular complexity index is 715. The van der Waals surface area contributed by atoms with Gasteiger partial charge >= 0.3 is 0 Å². The first-order valence-electron chi connectivity index (χ1n) is 6.20. The van der Waals surface area contributed by atoms with E-state index in [2.05, 4.69) is 4.98 Å². The minimum Gasteiger partial charge on any atom is -0.454 e. The summed E-state index contributed by atoms with van der Waals surface area (Å²) in [6.45, 7) is 3.45. The van der Waals surface area contributed by atoms with Crippen molar-refractivity contribution >= 4 is 12.1 Å². The van der Waals surface area contributed by atoms with Crippen LogP contribution in [-0.2, 0) is 0 Å². The van der Waals surface area contributed by atoms with E-state index in [1.807, 2.05) is 6.07 Å². The van der Waals surface area contributed by atoms with Gasteiger partial charge in [-0.1, -0.05) is 6.07 Å². The number of rotatable bonds is 3. The Balaban J connectivity index is 2.23. The normalized spacial score (nSPS) is 12.5. The fourth-order valence-corrected chi connectivity index (χ4v) is 2.53. The minimum atomic E-state index is -0.0838. The molecule has 20 heavy (non-hydrogen) atoms. The first-order valence-corrected chi connectivity index (χ1v) is 6.20. The van der Waals surface area contributed by atoms with Crippen molar-refractivity contribution in [2.24, 2.45) is 0 Å². The maximum atomic E-state index is 11.8. The molecule has 2 heterocycles. The number of Topliss-reactive ketones (excluding diaryl/α,β-unsaturated/α-hetero) is 1. The number of aldehydes is 1. The number of fused-ring (bicyclic) bond motifs is 1. The molecular formula is C15H13NO4. The lowest BCUT2D eigenvalue weighted by Crippen LogP contribution is -1.96. The number of aromatic nitrogens is 1. The number of nitrogens with one attached hydrogen (secondary N) is 1. The molecule has 102 valence electrons. The second-order valence-corrected chi connectivity index (χ2v) is 4.66. The molecular weight excluding hydrogens is 258 g/mol. The van der Waals surface area contributed by atoms with Gasteiger partial charge in [0.15, 0.2) is 23.6 Å². The smallest absolute Gasteiger partial charge is 0.231 e. The zero-order valence-corrected chi connectivity index (χ0v) is 11.1. The monoisotopic (exact) mass is 271 g/mol. The highest BCUT2D eigenvalue weighted by Gasteiger charge is 2.22. The number of ketones is 1. The Hall–Kier alpha value is -2.56. The van der Waals surface area contributed by atoms with Crippen LogP contribution in [0.5, 0.6) is 11.5 Å². The molecule has 5 nitrogen and oxygen atoms in total. The zero-order chi connectivity index (χ0) is 14.3. The predicted octanol–water partition coefficient (Wildman–Crippen LogP) is 2.73. The van der Waals surface area contributed by atoms with Gasteiger partial charge < -0.3 is 14.5 Å². The van der Waals surface area contributed by atoms with Gasteiger partial charge in [-0.25, -0.2) is 0 Å². The van der Waals surface area contributed by atoms with Crippen molar-refractivity contribution in [3.05, 3.63) is 35.2 Å². The second-order valence-electron chi connectivity index (χ2n) is 4.66. The van der Waals surface area contributed by atoms with Gasteiger partial charge in [-0.2, -0.15) is 0 Å². The van der Waals surface area contributed by atoms with Gasteiger partial charge in [-0.15, -0.1) is 0 Å². The van der Waals surface area contributed by atoms with Gasteiger partial charge in [0.1, 0.15) is 0 Å². The standard InChI is InChI=1S/C15H13NO4/c1-8-14(9(2)18)15(11(6-17)16-8)10-3-4-12-13(5-10)20-7-19-12/h3-6,16H,7H2,1-2H3. The highest BCUT2D eigenvalue weighted by molar-refractivity contribution is 6.06. The second kappa shape index (κ2) is 4.52. The van der Waals surface area contributed by atoms with E-state index in [1.165, 1.54) is 6.92 Å². The van der Waals surface area contributed by atoms with Crippen molar-refractivity contribution in [1.82, 2.24) is 4.98 Å². The summed E-state index contributed by atoms with van der Waals surface area (Å²) in [4.78, 5) is 26.0. The lowest BCUT2D eigenvalue weighted by Gasteiger charge is -2.05. The van der Waals surface area contributed by atoms with Gasteiger partial charge in [-0.05, 0) is 31.5 Å². The number of carbonyl (C=O) groups is 2. The number of hydrogen-bond donors (Lipinski definition) is 1. The molecule has 0 radical (unpaired) electrons. The fourth-order valence-electron chi connectivity index (χ4n) is 2.53. The molecule has 1 aliphatic heterocycles. The molecule has 5 heteroatoms. The van der Waals surface area contributed by atoms with E-state index in [0.29, 0.717) is 34.0 Å². The molecule has 0 aliphatic carbocycles. The molecule has 0 saturated carbocycles. The SMILES string of the molecule is CC(=O)c1c(C)[nH]c(C=O)c1-c1ccc2c(c1)OCO2. The van der Waals surface area contributed by atoms with Crippen LogP contribution in [0.2, 0.25) is 0 Å². The first kappa shape index (κ1) is 12.5. The largest absolute Gasteiger partial charge is 0.454 e. The number of ether oxygens (including phenoxy) is 2. The Labute approximate surface area is 115 Å². The van der Waals surface area contributed by atoms with Crippen molar-refractivity contribution < 1.29 is 19.1 Å². The van der Waals surface area contributed by atoms with E-state index in [4.69, 9.17) is 9.47 Å². The highest BCUT2D eigenvalue weighted by atomic mass is 16.7. The molecule has 1 aliphatic rings. The van der Waals surface area contributed by atoms with Crippen molar-refractivity contribution in [3.8, 4) is 22.6 Å². The van der Waals surface area contributed by atoms with Crippen LogP contribution in [0.1, 0.15) is 33.5 Å². The van der Waals surface area contributed by atoms with Crippen LogP contribution >= 0.6 is 0 Å². The molecule has 1 aromatic carbocycles. The number of carbonyl (C=O) groups excluding carboxylic acids is 2. The van der Waals surface area contributed by atoms with E-state index in [9.17, 15) is 9.59 Å². The maximum absolute atomic E-state index is 11.8. The molecule has 1 N–H and O–H groups in total. The molecule has 2 aromatic rings. The molecule has 0 fully saturated rings. The summed E-state index contributed by atoms with van der Waals surface area (Å²) in [5.41, 5.74) is 2.99. The van der Waals surface area contributed by atoms with Crippen LogP contribution in [0.4, 0.5) is 0 Å². The topological polar surface area (TPSA) is 68.4 Å². The Morgan fingerprint density at radius 2 is 2.05 bits per heavy atom. The number of aryl methyl sites for hydroxylation is 1. The van der Waals surface area contributed by atoms with Gasteiger partial charge in [0.2, 0.25) is 6.79 Å². The average molecular weight is 271 g/mol. The molecule has 0 atom stereocenters. The number of H-pyrrole nitrogens is 1. The average Bonchev–Trinajstić information content (AvgIpc) is 3.00. The van der Waals surface area contributed by atoms with E-state index >= 15 is 0 Å². The van der Waals surface area contributed by atoms with E-state index in [1.54, 1.807) is 19.1 Å². The molecule has 0 saturated heterocycles. The zero-order valence-electron chi connectivity index (χ0n) is 11.1. The van der Waals surface area contributed by atoms with Crippen LogP contribution in [-0.4, -0.2) is 23.8 Å².